The van der Waals surface area contributed by atoms with Gasteiger partial charge in [-0.1, -0.05) is 158 Å². The molecule has 276 valence electrons. The fourth-order valence-electron chi connectivity index (χ4n) is 13.1. The van der Waals surface area contributed by atoms with Crippen molar-refractivity contribution in [2.75, 3.05) is 4.90 Å². The summed E-state index contributed by atoms with van der Waals surface area (Å²) < 4.78 is 0. The lowest BCUT2D eigenvalue weighted by atomic mass is 9.12. The molecule has 0 saturated heterocycles. The lowest BCUT2D eigenvalue weighted by Crippen LogP contribution is -2.87. The van der Waals surface area contributed by atoms with Crippen LogP contribution in [0.25, 0.3) is 65.7 Å². The fourth-order valence-corrected chi connectivity index (χ4v) is 13.1. The van der Waals surface area contributed by atoms with Crippen LogP contribution in [0, 0.1) is 23.2 Å². The summed E-state index contributed by atoms with van der Waals surface area (Å²) in [7, 11) is 0. The smallest absolute Gasteiger partial charge is 0.0540 e. The van der Waals surface area contributed by atoms with E-state index in [1.54, 1.807) is 5.56 Å². The first kappa shape index (κ1) is 32.6. The minimum absolute atomic E-state index is 0.446. The molecule has 2 atom stereocenters. The lowest BCUT2D eigenvalue weighted by Gasteiger charge is -2.91. The minimum Gasteiger partial charge on any atom is -0.310 e. The van der Waals surface area contributed by atoms with Crippen LogP contribution in [0.4, 0.5) is 17.1 Å². The van der Waals surface area contributed by atoms with Crippen LogP contribution < -0.4 is 4.90 Å². The molecule has 0 N–H and O–H groups in total. The molecule has 0 aromatic heterocycles. The van der Waals surface area contributed by atoms with Gasteiger partial charge < -0.3 is 4.90 Å². The van der Waals surface area contributed by atoms with E-state index in [4.69, 9.17) is 0 Å². The van der Waals surface area contributed by atoms with Crippen molar-refractivity contribution in [1.29, 1.82) is 0 Å². The van der Waals surface area contributed by atoms with Gasteiger partial charge in [-0.15, -0.1) is 0 Å². The first-order valence-corrected chi connectivity index (χ1v) is 21.3. The van der Waals surface area contributed by atoms with Gasteiger partial charge in [0.1, 0.15) is 0 Å². The molecule has 13 rings (SSSR count). The van der Waals surface area contributed by atoms with Crippen molar-refractivity contribution < 1.29 is 0 Å². The monoisotopic (exact) mass is 741 g/mol. The molecule has 0 heterocycles. The zero-order chi connectivity index (χ0) is 38.0. The third-order valence-electron chi connectivity index (χ3n) is 15.5. The molecule has 0 bridgehead atoms. The van der Waals surface area contributed by atoms with Crippen molar-refractivity contribution >= 4 is 49.4 Å². The van der Waals surface area contributed by atoms with E-state index in [1.807, 2.05) is 0 Å². The summed E-state index contributed by atoms with van der Waals surface area (Å²) in [5.74, 6) is 3.00. The highest BCUT2D eigenvalue weighted by Gasteiger charge is 2.87. The number of fused-ring (bicyclic) bond motifs is 3. The second-order valence-corrected chi connectivity index (χ2v) is 17.7. The zero-order valence-corrected chi connectivity index (χ0v) is 32.5. The Morgan fingerprint density at radius 1 is 0.379 bits per heavy atom. The highest BCUT2D eigenvalue weighted by atomic mass is 15.1. The van der Waals surface area contributed by atoms with Gasteiger partial charge >= 0.3 is 0 Å². The van der Waals surface area contributed by atoms with Gasteiger partial charge in [-0.05, 0) is 151 Å². The molecule has 9 aromatic rings. The average Bonchev–Trinajstić information content (AvgIpc) is 3.26. The van der Waals surface area contributed by atoms with Crippen molar-refractivity contribution in [3.8, 4) is 33.4 Å². The predicted molar refractivity (Wildman–Crippen MR) is 243 cm³/mol. The van der Waals surface area contributed by atoms with E-state index in [1.165, 1.54) is 103 Å². The SMILES string of the molecule is c1ccc(-c2cccc3ccc(-c4ccc(N(c5ccc(C67CC8CC9CC(C6)C987)cc5)c5ccc(-c6cccc7ccccc67)c6ccccc56)cc4)cc23)cc1. The van der Waals surface area contributed by atoms with Crippen LogP contribution in [-0.2, 0) is 5.41 Å². The van der Waals surface area contributed by atoms with Crippen LogP contribution >= 0.6 is 0 Å². The van der Waals surface area contributed by atoms with Gasteiger partial charge in [-0.3, -0.25) is 0 Å². The molecule has 4 saturated carbocycles. The zero-order valence-electron chi connectivity index (χ0n) is 32.5. The van der Waals surface area contributed by atoms with Crippen molar-refractivity contribution in [3.63, 3.8) is 0 Å². The summed E-state index contributed by atoms with van der Waals surface area (Å²) in [6, 6.07) is 72.5. The Labute approximate surface area is 340 Å². The maximum Gasteiger partial charge on any atom is 0.0540 e. The molecular weight excluding hydrogens is 699 g/mol. The first-order valence-electron chi connectivity index (χ1n) is 21.3. The van der Waals surface area contributed by atoms with E-state index >= 15 is 0 Å². The summed E-state index contributed by atoms with van der Waals surface area (Å²) in [4.78, 5) is 2.50. The number of anilines is 3. The highest BCUT2D eigenvalue weighted by Crippen LogP contribution is 2.92. The third-order valence-corrected chi connectivity index (χ3v) is 15.5. The van der Waals surface area contributed by atoms with E-state index < -0.39 is 0 Å². The molecule has 2 unspecified atom stereocenters. The molecule has 9 aromatic carbocycles. The highest BCUT2D eigenvalue weighted by molar-refractivity contribution is 6.10. The second-order valence-electron chi connectivity index (χ2n) is 17.7. The Morgan fingerprint density at radius 2 is 0.966 bits per heavy atom. The normalized spacial score (nSPS) is 23.6. The minimum atomic E-state index is 0.446. The summed E-state index contributed by atoms with van der Waals surface area (Å²) in [5, 5.41) is 7.60. The maximum atomic E-state index is 2.50. The molecule has 1 nitrogen and oxygen atoms in total. The molecule has 4 aliphatic carbocycles. The summed E-state index contributed by atoms with van der Waals surface area (Å²) in [6.45, 7) is 0. The summed E-state index contributed by atoms with van der Waals surface area (Å²) in [5.41, 5.74) is 13.8. The Bertz CT molecular complexity index is 3050. The molecule has 1 spiro atoms. The molecule has 0 aliphatic heterocycles. The van der Waals surface area contributed by atoms with Crippen LogP contribution in [-0.4, -0.2) is 0 Å². The van der Waals surface area contributed by atoms with Crippen LogP contribution in [0.15, 0.2) is 194 Å². The van der Waals surface area contributed by atoms with E-state index in [9.17, 15) is 0 Å². The first-order chi connectivity index (χ1) is 28.7. The van der Waals surface area contributed by atoms with Crippen molar-refractivity contribution in [1.82, 2.24) is 0 Å². The third kappa shape index (κ3) is 4.32. The Hall–Kier alpha value is -6.44. The van der Waals surface area contributed by atoms with Gasteiger partial charge in [-0.2, -0.15) is 0 Å². The largest absolute Gasteiger partial charge is 0.310 e. The molecule has 1 heteroatoms. The van der Waals surface area contributed by atoms with Gasteiger partial charge in [0.15, 0.2) is 0 Å². The molecule has 4 aliphatic rings. The Kier molecular flexibility index (Phi) is 6.77. The van der Waals surface area contributed by atoms with Gasteiger partial charge in [0.2, 0.25) is 0 Å². The average molecular weight is 742 g/mol. The van der Waals surface area contributed by atoms with E-state index in [-0.39, 0.29) is 0 Å². The standard InChI is InChI=1S/C57H43N/c1-2-10-38(11-3-1)49-18-8-14-40-20-21-41(32-54(40)49)37-22-26-46(27-23-37)58(47-28-24-42(25-29-47)56-35-44-33-43-34-45(36-56)57(43,44)56)55-31-30-52(51-16-6-7-17-53(51)55)50-19-9-13-39-12-4-5-15-48(39)50/h1-32,43-45H,33-36H2. The molecular formula is C57H43N. The molecule has 4 fully saturated rings. The lowest BCUT2D eigenvalue weighted by molar-refractivity contribution is -0.395. The number of hydrogen-bond acceptors (Lipinski definition) is 1. The van der Waals surface area contributed by atoms with Gasteiger partial charge in [0.05, 0.1) is 5.69 Å². The molecule has 0 radical (unpaired) electrons. The number of nitrogens with zero attached hydrogens (tertiary/aromatic N) is 1. The molecule has 58 heavy (non-hydrogen) atoms. The van der Waals surface area contributed by atoms with Gasteiger partial charge in [0, 0.05) is 22.2 Å². The van der Waals surface area contributed by atoms with Crippen LogP contribution in [0.3, 0.4) is 0 Å². The van der Waals surface area contributed by atoms with Gasteiger partial charge in [0.25, 0.3) is 0 Å². The maximum absolute atomic E-state index is 2.50. The van der Waals surface area contributed by atoms with Gasteiger partial charge in [-0.25, -0.2) is 0 Å². The predicted octanol–water partition coefficient (Wildman–Crippen LogP) is 15.3. The van der Waals surface area contributed by atoms with Crippen molar-refractivity contribution in [2.24, 2.45) is 23.2 Å². The summed E-state index contributed by atoms with van der Waals surface area (Å²) >= 11 is 0. The summed E-state index contributed by atoms with van der Waals surface area (Å²) in [6.07, 6.45) is 5.81. The second kappa shape index (κ2) is 12.0. The Morgan fingerprint density at radius 3 is 1.69 bits per heavy atom. The van der Waals surface area contributed by atoms with Crippen LogP contribution in [0.1, 0.15) is 31.2 Å². The number of rotatable bonds is 7. The van der Waals surface area contributed by atoms with Crippen molar-refractivity contribution in [2.45, 2.75) is 31.1 Å². The quantitative estimate of drug-likeness (QED) is 0.157. The van der Waals surface area contributed by atoms with E-state index in [0.29, 0.717) is 10.8 Å². The number of hydrogen-bond donors (Lipinski definition) is 0. The Balaban J connectivity index is 0.934. The van der Waals surface area contributed by atoms with Crippen molar-refractivity contribution in [3.05, 3.63) is 200 Å². The van der Waals surface area contributed by atoms with Crippen LogP contribution in [0.5, 0.6) is 0 Å². The molecule has 0 amide bonds. The fraction of sp³-hybridized carbons (Fsp3) is 0.158. The number of benzene rings is 9. The van der Waals surface area contributed by atoms with E-state index in [0.717, 1.165) is 23.4 Å². The van der Waals surface area contributed by atoms with E-state index in [2.05, 4.69) is 199 Å². The topological polar surface area (TPSA) is 3.24 Å². The van der Waals surface area contributed by atoms with Crippen LogP contribution in [0.2, 0.25) is 0 Å².